The molecule has 2 fully saturated rings. The number of aromatic nitrogens is 1. The molecule has 1 aromatic rings. The molecule has 8 bridgehead atoms. The molecule has 60 heavy (non-hydrogen) atoms. The number of aliphatic hydroxyl groups excluding tert-OH is 1. The number of nitrogens with zero attached hydrogens (tertiary/aromatic N) is 4. The summed E-state index contributed by atoms with van der Waals surface area (Å²) in [7, 11) is 1.33. The molecule has 1 aliphatic carbocycles. The van der Waals surface area contributed by atoms with Crippen LogP contribution in [-0.2, 0) is 19.1 Å². The summed E-state index contributed by atoms with van der Waals surface area (Å²) < 4.78 is 11.0. The summed E-state index contributed by atoms with van der Waals surface area (Å²) in [6.45, 7) is 19.0. The number of hydrogen-bond donors (Lipinski definition) is 1. The first-order chi connectivity index (χ1) is 28.2. The van der Waals surface area contributed by atoms with E-state index in [-0.39, 0.29) is 89.3 Å². The second-order valence-electron chi connectivity index (χ2n) is 18.1. The van der Waals surface area contributed by atoms with Crippen LogP contribution in [0.5, 0.6) is 0 Å². The van der Waals surface area contributed by atoms with Gasteiger partial charge in [0.1, 0.15) is 18.3 Å². The van der Waals surface area contributed by atoms with E-state index in [2.05, 4.69) is 53.7 Å². The minimum Gasteiger partial charge on any atom is -0.678 e. The molecular formula is C49H66MgN4O6-2. The fourth-order valence-corrected chi connectivity index (χ4v) is 10.1. The zero-order chi connectivity index (χ0) is 42.7. The molecule has 0 radical (unpaired) electrons. The van der Waals surface area contributed by atoms with Gasteiger partial charge in [-0.25, -0.2) is 0 Å². The summed E-state index contributed by atoms with van der Waals surface area (Å²) >= 11 is 0. The average Bonchev–Trinajstić information content (AvgIpc) is 3.93. The molecule has 5 aliphatic rings. The van der Waals surface area contributed by atoms with Crippen molar-refractivity contribution in [3.8, 4) is 0 Å². The van der Waals surface area contributed by atoms with Crippen molar-refractivity contribution in [2.75, 3.05) is 13.7 Å². The Morgan fingerprint density at radius 1 is 0.983 bits per heavy atom. The number of esters is 2. The van der Waals surface area contributed by atoms with Crippen LogP contribution in [0.4, 0.5) is 0 Å². The van der Waals surface area contributed by atoms with Gasteiger partial charge in [-0.1, -0.05) is 120 Å². The third-order valence-corrected chi connectivity index (χ3v) is 13.6. The van der Waals surface area contributed by atoms with Crippen LogP contribution >= 0.6 is 0 Å². The van der Waals surface area contributed by atoms with Crippen molar-refractivity contribution in [2.24, 2.45) is 41.4 Å². The molecule has 0 aromatic carbocycles. The zero-order valence-corrected chi connectivity index (χ0v) is 39.1. The van der Waals surface area contributed by atoms with Crippen LogP contribution in [0, 0.1) is 48.3 Å². The SMILES string of the molecule is CC[C@@H]1C(C)=C2/C=c3\[n-]/c(c(C)c3C(C)=O)=C\C3[N-]C(C4=C5[N-][C@H](/C=C\1[N-]2)C(C)C5=C(O)[C@@H]4C(=O)OC)[C@@H](CCC(=O)OC/C=C/CCC[C@H](C)CCCC(C)C)[C@@H]3C.[Mg+2]. The quantitative estimate of drug-likeness (QED) is 0.0575. The summed E-state index contributed by atoms with van der Waals surface area (Å²) in [5.41, 5.74) is 6.01. The Balaban J connectivity index is 0.00000683. The standard InChI is InChI=1S/C49H66N4O6.Mg/c1-11-33-28(5)35-25-40-42(32(9)54)30(7)37(51-40)23-36-29(6)34(20-21-41(55)59-22-15-13-12-14-18-27(4)19-16-17-26(2)3)46(52-36)44-45(49(57)58-10)48(56)43-31(8)38(53-47(43)44)24-39(33)50-35;/h13,15,23-27,29,31,33-34,36,38,45-46,56H,11-12,14,16-22H2,1-10H3;/q-4;+2/b15-13+,37-23-,39-24+,40-25-;/t27-,29-,31?,33+,34-,36?,38+,45+,46?;/m0./s1. The predicted octanol–water partition coefficient (Wildman–Crippen LogP) is 9.07. The number of carbonyl (C=O) groups is 3. The molecule has 10 nitrogen and oxygen atoms in total. The summed E-state index contributed by atoms with van der Waals surface area (Å²) in [5, 5.41) is 28.9. The van der Waals surface area contributed by atoms with Gasteiger partial charge in [-0.2, -0.15) is 5.70 Å². The van der Waals surface area contributed by atoms with E-state index >= 15 is 0 Å². The molecular weight excluding hydrogens is 765 g/mol. The van der Waals surface area contributed by atoms with E-state index in [0.717, 1.165) is 53.6 Å². The monoisotopic (exact) mass is 830 g/mol. The van der Waals surface area contributed by atoms with Crippen LogP contribution < -0.4 is 15.7 Å². The maximum absolute atomic E-state index is 13.6. The topological polar surface area (TPSA) is 146 Å². The van der Waals surface area contributed by atoms with Gasteiger partial charge in [0.2, 0.25) is 0 Å². The first kappa shape index (κ1) is 47.5. The van der Waals surface area contributed by atoms with Crippen LogP contribution in [0.2, 0.25) is 0 Å². The molecule has 322 valence electrons. The number of rotatable bonds is 16. The first-order valence-corrected chi connectivity index (χ1v) is 22.1. The van der Waals surface area contributed by atoms with Crippen molar-refractivity contribution in [1.82, 2.24) is 4.98 Å². The summed E-state index contributed by atoms with van der Waals surface area (Å²) in [6.07, 6.45) is 18.7. The normalized spacial score (nSPS) is 29.4. The van der Waals surface area contributed by atoms with Crippen molar-refractivity contribution >= 4 is 52.9 Å². The summed E-state index contributed by atoms with van der Waals surface area (Å²) in [6, 6.07) is -1.25. The Morgan fingerprint density at radius 3 is 2.40 bits per heavy atom. The first-order valence-electron chi connectivity index (χ1n) is 22.1. The van der Waals surface area contributed by atoms with Crippen molar-refractivity contribution in [3.63, 3.8) is 0 Å². The number of hydrogen-bond acceptors (Lipinski definition) is 6. The number of ketones is 1. The van der Waals surface area contributed by atoms with Gasteiger partial charge < -0.3 is 35.5 Å². The average molecular weight is 831 g/mol. The maximum Gasteiger partial charge on any atom is 2.00 e. The van der Waals surface area contributed by atoms with Gasteiger partial charge in [-0.15, -0.1) is 46.3 Å². The Labute approximate surface area is 374 Å². The number of aliphatic hydroxyl groups is 1. The van der Waals surface area contributed by atoms with Gasteiger partial charge in [-0.05, 0) is 75.7 Å². The number of methoxy groups -OCH3 is 1. The largest absolute Gasteiger partial charge is 2.00 e. The Hall–Kier alpha value is -3.54. The molecule has 1 aromatic heterocycles. The molecule has 1 N–H and O–H groups in total. The Morgan fingerprint density at radius 2 is 1.72 bits per heavy atom. The summed E-state index contributed by atoms with van der Waals surface area (Å²) in [4.78, 5) is 45.0. The number of unbranched alkanes of at least 4 members (excludes halogenated alkanes) is 1. The minimum atomic E-state index is -1.05. The minimum absolute atomic E-state index is 0. The van der Waals surface area contributed by atoms with Crippen molar-refractivity contribution in [2.45, 2.75) is 138 Å². The van der Waals surface area contributed by atoms with Crippen molar-refractivity contribution < 1.29 is 29.0 Å². The molecule has 0 amide bonds. The van der Waals surface area contributed by atoms with Crippen LogP contribution in [0.3, 0.4) is 0 Å². The number of fused-ring (bicyclic) bond motifs is 8. The number of Topliss-reactive ketones (excluding diaryl/α,β-unsaturated/α-hetero) is 1. The zero-order valence-electron chi connectivity index (χ0n) is 37.7. The molecule has 3 unspecified atom stereocenters. The van der Waals surface area contributed by atoms with Gasteiger partial charge in [0.15, 0.2) is 5.78 Å². The predicted molar refractivity (Wildman–Crippen MR) is 239 cm³/mol. The van der Waals surface area contributed by atoms with Crippen LogP contribution in [-0.4, -0.2) is 77.7 Å². The molecule has 2 saturated heterocycles. The number of ether oxygens (including phenoxy) is 2. The third-order valence-electron chi connectivity index (χ3n) is 13.6. The van der Waals surface area contributed by atoms with E-state index in [1.807, 2.05) is 32.1 Å². The Bertz CT molecular complexity index is 2070. The smallest absolute Gasteiger partial charge is 0.678 e. The van der Waals surface area contributed by atoms with Crippen LogP contribution in [0.1, 0.15) is 129 Å². The molecule has 5 heterocycles. The van der Waals surface area contributed by atoms with Gasteiger partial charge in [0.25, 0.3) is 0 Å². The second kappa shape index (κ2) is 20.6. The van der Waals surface area contributed by atoms with E-state index in [1.54, 1.807) is 6.92 Å². The second-order valence-corrected chi connectivity index (χ2v) is 18.1. The van der Waals surface area contributed by atoms with Gasteiger partial charge in [-0.3, -0.25) is 14.4 Å². The van der Waals surface area contributed by atoms with Crippen LogP contribution in [0.15, 0.2) is 57.8 Å². The van der Waals surface area contributed by atoms with E-state index in [0.29, 0.717) is 39.5 Å². The van der Waals surface area contributed by atoms with E-state index in [1.165, 1.54) is 32.8 Å². The summed E-state index contributed by atoms with van der Waals surface area (Å²) in [5.74, 6) is -0.990. The molecule has 0 saturated carbocycles. The van der Waals surface area contributed by atoms with Gasteiger partial charge in [0.05, 0.1) is 7.11 Å². The van der Waals surface area contributed by atoms with Crippen LogP contribution in [0.25, 0.3) is 28.1 Å². The molecule has 9 atom stereocenters. The molecule has 0 spiro atoms. The Kier molecular flexibility index (Phi) is 16.3. The number of allylic oxidation sites excluding steroid dienone is 4. The van der Waals surface area contributed by atoms with Crippen molar-refractivity contribution in [3.05, 3.63) is 95.6 Å². The molecule has 4 aliphatic heterocycles. The van der Waals surface area contributed by atoms with Gasteiger partial charge >= 0.3 is 35.0 Å². The van der Waals surface area contributed by atoms with Gasteiger partial charge in [0, 0.05) is 12.0 Å². The number of carbonyl (C=O) groups excluding carboxylic acids is 3. The fourth-order valence-electron chi connectivity index (χ4n) is 10.1. The third kappa shape index (κ3) is 9.89. The van der Waals surface area contributed by atoms with E-state index < -0.39 is 17.9 Å². The maximum atomic E-state index is 13.6. The molecule has 11 heteroatoms. The van der Waals surface area contributed by atoms with E-state index in [4.69, 9.17) is 30.4 Å². The fraction of sp³-hybridized carbons (Fsp3) is 0.612. The van der Waals surface area contributed by atoms with E-state index in [9.17, 15) is 19.5 Å². The van der Waals surface area contributed by atoms with Crippen molar-refractivity contribution in [1.29, 1.82) is 0 Å². The molecule has 6 rings (SSSR count).